The first-order chi connectivity index (χ1) is 9.52. The average Bonchev–Trinajstić information content (AvgIpc) is 2.82. The van der Waals surface area contributed by atoms with Crippen molar-refractivity contribution in [1.82, 2.24) is 19.4 Å². The molecule has 1 aromatic heterocycles. The molecular formula is C14H25N5O. The summed E-state index contributed by atoms with van der Waals surface area (Å²) in [5.74, 6) is 0.835. The molecule has 1 aliphatic rings. The number of anilines is 1. The normalized spacial score (nSPS) is 15.7. The molecule has 0 aromatic carbocycles. The molecule has 1 amide bonds. The van der Waals surface area contributed by atoms with E-state index in [0.717, 1.165) is 32.0 Å². The number of imidazole rings is 1. The summed E-state index contributed by atoms with van der Waals surface area (Å²) in [7, 11) is 4.04. The van der Waals surface area contributed by atoms with Crippen molar-refractivity contribution in [1.29, 1.82) is 0 Å². The van der Waals surface area contributed by atoms with Crippen molar-refractivity contribution in [3.63, 3.8) is 0 Å². The number of hydrogen-bond acceptors (Lipinski definition) is 4. The van der Waals surface area contributed by atoms with Crippen molar-refractivity contribution in [2.45, 2.75) is 32.9 Å². The van der Waals surface area contributed by atoms with Crippen molar-refractivity contribution in [3.05, 3.63) is 11.9 Å². The van der Waals surface area contributed by atoms with Crippen LogP contribution in [0.5, 0.6) is 0 Å². The van der Waals surface area contributed by atoms with Gasteiger partial charge in [0.05, 0.1) is 0 Å². The number of hydrogen-bond donors (Lipinski definition) is 1. The Morgan fingerprint density at radius 2 is 2.30 bits per heavy atom. The lowest BCUT2D eigenvalue weighted by molar-refractivity contribution is 0.0673. The number of carbonyl (C=O) groups excluding carboxylic acids is 1. The average molecular weight is 279 g/mol. The standard InChI is InChI=1S/C14H25N5O/c1-5-19(11(2)9-17(3)4)13(20)12-10-18-8-6-7-15-14(18)16-12/h10-11H,5-9H2,1-4H3,(H,15,16). The van der Waals surface area contributed by atoms with Crippen molar-refractivity contribution < 1.29 is 4.79 Å². The SMILES string of the molecule is CCN(C(=O)c1cn2c(n1)NCCC2)C(C)CN(C)C. The summed E-state index contributed by atoms with van der Waals surface area (Å²) in [6, 6.07) is 0.175. The first-order valence-electron chi connectivity index (χ1n) is 7.29. The lowest BCUT2D eigenvalue weighted by Gasteiger charge is -2.29. The molecule has 1 aliphatic heterocycles. The summed E-state index contributed by atoms with van der Waals surface area (Å²) < 4.78 is 2.03. The number of nitrogens with one attached hydrogen (secondary N) is 1. The van der Waals surface area contributed by atoms with Gasteiger partial charge in [0.2, 0.25) is 5.95 Å². The monoisotopic (exact) mass is 279 g/mol. The van der Waals surface area contributed by atoms with Gasteiger partial charge in [-0.25, -0.2) is 4.98 Å². The third-order valence-electron chi connectivity index (χ3n) is 3.62. The van der Waals surface area contributed by atoms with E-state index in [1.807, 2.05) is 36.7 Å². The Bertz CT molecular complexity index is 445. The Hall–Kier alpha value is -1.56. The minimum atomic E-state index is 0.0190. The highest BCUT2D eigenvalue weighted by Crippen LogP contribution is 2.16. The maximum Gasteiger partial charge on any atom is 0.274 e. The van der Waals surface area contributed by atoms with E-state index in [9.17, 15) is 4.79 Å². The highest BCUT2D eigenvalue weighted by Gasteiger charge is 2.24. The van der Waals surface area contributed by atoms with Gasteiger partial charge >= 0.3 is 0 Å². The van der Waals surface area contributed by atoms with Crippen LogP contribution in [0.4, 0.5) is 5.95 Å². The fourth-order valence-corrected chi connectivity index (χ4v) is 2.71. The van der Waals surface area contributed by atoms with E-state index < -0.39 is 0 Å². The van der Waals surface area contributed by atoms with Crippen molar-refractivity contribution in [3.8, 4) is 0 Å². The summed E-state index contributed by atoms with van der Waals surface area (Å²) in [5.41, 5.74) is 0.543. The number of fused-ring (bicyclic) bond motifs is 1. The minimum absolute atomic E-state index is 0.0190. The summed E-state index contributed by atoms with van der Waals surface area (Å²) >= 11 is 0. The van der Waals surface area contributed by atoms with E-state index in [0.29, 0.717) is 12.2 Å². The van der Waals surface area contributed by atoms with Gasteiger partial charge in [0.25, 0.3) is 5.91 Å². The largest absolute Gasteiger partial charge is 0.356 e. The second-order valence-electron chi connectivity index (χ2n) is 5.63. The molecule has 2 heterocycles. The van der Waals surface area contributed by atoms with Crippen LogP contribution in [0.1, 0.15) is 30.8 Å². The van der Waals surface area contributed by atoms with Gasteiger partial charge in [-0.3, -0.25) is 4.79 Å². The van der Waals surface area contributed by atoms with Gasteiger partial charge in [-0.15, -0.1) is 0 Å². The molecule has 0 saturated heterocycles. The lowest BCUT2D eigenvalue weighted by Crippen LogP contribution is -2.43. The fourth-order valence-electron chi connectivity index (χ4n) is 2.71. The summed E-state index contributed by atoms with van der Waals surface area (Å²) in [6.45, 7) is 7.50. The summed E-state index contributed by atoms with van der Waals surface area (Å²) in [5, 5.41) is 3.23. The van der Waals surface area contributed by atoms with E-state index in [1.165, 1.54) is 0 Å². The quantitative estimate of drug-likeness (QED) is 0.877. The number of aryl methyl sites for hydroxylation is 1. The second kappa shape index (κ2) is 6.26. The van der Waals surface area contributed by atoms with E-state index >= 15 is 0 Å². The Morgan fingerprint density at radius 1 is 1.55 bits per heavy atom. The van der Waals surface area contributed by atoms with Gasteiger partial charge in [-0.2, -0.15) is 0 Å². The number of likely N-dealkylation sites (N-methyl/N-ethyl adjacent to an activating group) is 2. The maximum atomic E-state index is 12.6. The van der Waals surface area contributed by atoms with Crippen LogP contribution in [0.25, 0.3) is 0 Å². The number of aromatic nitrogens is 2. The number of carbonyl (C=O) groups is 1. The van der Waals surface area contributed by atoms with Crippen molar-refractivity contribution in [2.24, 2.45) is 0 Å². The molecule has 1 N–H and O–H groups in total. The molecule has 112 valence electrons. The van der Waals surface area contributed by atoms with Crippen LogP contribution in [-0.4, -0.2) is 65.0 Å². The predicted octanol–water partition coefficient (Wildman–Crippen LogP) is 1.11. The topological polar surface area (TPSA) is 53.4 Å². The summed E-state index contributed by atoms with van der Waals surface area (Å²) in [4.78, 5) is 21.0. The summed E-state index contributed by atoms with van der Waals surface area (Å²) in [6.07, 6.45) is 2.94. The van der Waals surface area contributed by atoms with Crippen molar-refractivity contribution >= 4 is 11.9 Å². The van der Waals surface area contributed by atoms with Gasteiger partial charge in [0, 0.05) is 38.4 Å². The molecule has 0 spiro atoms. The Labute approximate surface area is 120 Å². The zero-order chi connectivity index (χ0) is 14.7. The molecular weight excluding hydrogens is 254 g/mol. The van der Waals surface area contributed by atoms with Gasteiger partial charge in [0.1, 0.15) is 5.69 Å². The molecule has 6 heteroatoms. The Kier molecular flexibility index (Phi) is 4.65. The molecule has 1 unspecified atom stereocenters. The van der Waals surface area contributed by atoms with Crippen molar-refractivity contribution in [2.75, 3.05) is 39.0 Å². The lowest BCUT2D eigenvalue weighted by atomic mass is 10.2. The minimum Gasteiger partial charge on any atom is -0.356 e. The smallest absolute Gasteiger partial charge is 0.274 e. The first kappa shape index (κ1) is 14.8. The van der Waals surface area contributed by atoms with Crippen LogP contribution >= 0.6 is 0 Å². The Balaban J connectivity index is 2.13. The van der Waals surface area contributed by atoms with E-state index in [2.05, 4.69) is 22.1 Å². The third kappa shape index (κ3) is 3.12. The molecule has 0 radical (unpaired) electrons. The molecule has 0 fully saturated rings. The van der Waals surface area contributed by atoms with E-state index in [4.69, 9.17) is 0 Å². The van der Waals surface area contributed by atoms with Crippen LogP contribution < -0.4 is 5.32 Å². The maximum absolute atomic E-state index is 12.6. The molecule has 20 heavy (non-hydrogen) atoms. The van der Waals surface area contributed by atoms with Gasteiger partial charge in [-0.1, -0.05) is 0 Å². The molecule has 1 aromatic rings. The fraction of sp³-hybridized carbons (Fsp3) is 0.714. The van der Waals surface area contributed by atoms with Crippen LogP contribution in [0.2, 0.25) is 0 Å². The molecule has 0 bridgehead atoms. The molecule has 0 aliphatic carbocycles. The van der Waals surface area contributed by atoms with Crippen LogP contribution in [0.3, 0.4) is 0 Å². The van der Waals surface area contributed by atoms with Gasteiger partial charge in [0.15, 0.2) is 0 Å². The number of amides is 1. The zero-order valence-corrected chi connectivity index (χ0v) is 12.9. The van der Waals surface area contributed by atoms with Crippen LogP contribution in [0, 0.1) is 0 Å². The van der Waals surface area contributed by atoms with E-state index in [-0.39, 0.29) is 11.9 Å². The van der Waals surface area contributed by atoms with Crippen LogP contribution in [0.15, 0.2) is 6.20 Å². The van der Waals surface area contributed by atoms with Gasteiger partial charge < -0.3 is 19.7 Å². The first-order valence-corrected chi connectivity index (χ1v) is 7.29. The number of nitrogens with zero attached hydrogens (tertiary/aromatic N) is 4. The molecule has 6 nitrogen and oxygen atoms in total. The molecule has 1 atom stereocenters. The molecule has 0 saturated carbocycles. The second-order valence-corrected chi connectivity index (χ2v) is 5.63. The highest BCUT2D eigenvalue weighted by molar-refractivity contribution is 5.92. The Morgan fingerprint density at radius 3 is 2.90 bits per heavy atom. The zero-order valence-electron chi connectivity index (χ0n) is 12.9. The third-order valence-corrected chi connectivity index (χ3v) is 3.62. The predicted molar refractivity (Wildman–Crippen MR) is 80.1 cm³/mol. The number of rotatable bonds is 5. The highest BCUT2D eigenvalue weighted by atomic mass is 16.2. The van der Waals surface area contributed by atoms with E-state index in [1.54, 1.807) is 0 Å². The molecule has 2 rings (SSSR count). The van der Waals surface area contributed by atoms with Gasteiger partial charge in [-0.05, 0) is 34.4 Å². The van der Waals surface area contributed by atoms with Crippen LogP contribution in [-0.2, 0) is 6.54 Å².